The van der Waals surface area contributed by atoms with E-state index in [1.54, 1.807) is 6.07 Å². The van der Waals surface area contributed by atoms with Crippen molar-refractivity contribution in [2.24, 2.45) is 0 Å². The quantitative estimate of drug-likeness (QED) is 0.909. The van der Waals surface area contributed by atoms with Crippen LogP contribution in [0.4, 0.5) is 5.82 Å². The van der Waals surface area contributed by atoms with E-state index in [2.05, 4.69) is 22.4 Å². The molecule has 0 atom stereocenters. The summed E-state index contributed by atoms with van der Waals surface area (Å²) in [6.45, 7) is 3.27. The number of fused-ring (bicyclic) bond motifs is 1. The number of nitrogens with zero attached hydrogens (tertiary/aromatic N) is 2. The summed E-state index contributed by atoms with van der Waals surface area (Å²) in [5.74, 6) is 0.785. The highest BCUT2D eigenvalue weighted by molar-refractivity contribution is 5.95. The van der Waals surface area contributed by atoms with Crippen LogP contribution in [-0.2, 0) is 13.1 Å². The number of aryl methyl sites for hydroxylation is 1. The summed E-state index contributed by atoms with van der Waals surface area (Å²) in [5, 5.41) is 2.99. The summed E-state index contributed by atoms with van der Waals surface area (Å²) in [7, 11) is 1.81. The van der Waals surface area contributed by atoms with Gasteiger partial charge in [-0.15, -0.1) is 0 Å². The Morgan fingerprint density at radius 1 is 1.20 bits per heavy atom. The molecule has 0 aliphatic carbocycles. The molecule has 1 N–H and O–H groups in total. The van der Waals surface area contributed by atoms with Gasteiger partial charge in [0.2, 0.25) is 0 Å². The molecule has 0 saturated heterocycles. The van der Waals surface area contributed by atoms with E-state index in [4.69, 9.17) is 0 Å². The van der Waals surface area contributed by atoms with Crippen molar-refractivity contribution in [2.75, 3.05) is 12.4 Å². The molecule has 0 unspecified atom stereocenters. The maximum absolute atomic E-state index is 12.6. The molecule has 20 heavy (non-hydrogen) atoms. The van der Waals surface area contributed by atoms with Gasteiger partial charge in [-0.2, -0.15) is 0 Å². The van der Waals surface area contributed by atoms with Gasteiger partial charge in [0.1, 0.15) is 5.82 Å². The number of pyridine rings is 1. The van der Waals surface area contributed by atoms with Crippen LogP contribution in [0.3, 0.4) is 0 Å². The third kappa shape index (κ3) is 2.25. The topological polar surface area (TPSA) is 45.2 Å². The summed E-state index contributed by atoms with van der Waals surface area (Å²) in [6.07, 6.45) is 0. The lowest BCUT2D eigenvalue weighted by atomic mass is 10.1. The molecule has 1 aromatic carbocycles. The van der Waals surface area contributed by atoms with E-state index < -0.39 is 0 Å². The second-order valence-electron chi connectivity index (χ2n) is 5.06. The Labute approximate surface area is 118 Å². The van der Waals surface area contributed by atoms with Gasteiger partial charge >= 0.3 is 0 Å². The number of benzene rings is 1. The normalized spacial score (nSPS) is 13.2. The molecule has 1 aliphatic heterocycles. The number of rotatable bonds is 2. The Morgan fingerprint density at radius 3 is 2.45 bits per heavy atom. The molecule has 0 bridgehead atoms. The van der Waals surface area contributed by atoms with E-state index in [9.17, 15) is 4.79 Å². The Hall–Kier alpha value is -2.36. The third-order valence-corrected chi connectivity index (χ3v) is 3.58. The summed E-state index contributed by atoms with van der Waals surface area (Å²) in [6, 6.07) is 11.8. The molecule has 0 fully saturated rings. The average Bonchev–Trinajstić information content (AvgIpc) is 2.89. The maximum atomic E-state index is 12.6. The molecular formula is C16H17N3O. The van der Waals surface area contributed by atoms with E-state index in [1.165, 1.54) is 11.1 Å². The first-order valence-corrected chi connectivity index (χ1v) is 6.70. The second-order valence-corrected chi connectivity index (χ2v) is 5.06. The van der Waals surface area contributed by atoms with Crippen LogP contribution in [0.1, 0.15) is 27.2 Å². The monoisotopic (exact) mass is 267 g/mol. The van der Waals surface area contributed by atoms with Gasteiger partial charge in [-0.25, -0.2) is 4.98 Å². The van der Waals surface area contributed by atoms with E-state index in [0.717, 1.165) is 11.5 Å². The van der Waals surface area contributed by atoms with E-state index in [0.29, 0.717) is 18.7 Å². The lowest BCUT2D eigenvalue weighted by molar-refractivity contribution is 0.0751. The zero-order chi connectivity index (χ0) is 14.1. The largest absolute Gasteiger partial charge is 0.373 e. The van der Waals surface area contributed by atoms with Crippen LogP contribution >= 0.6 is 0 Å². The van der Waals surface area contributed by atoms with Crippen LogP contribution in [-0.4, -0.2) is 22.8 Å². The fourth-order valence-electron chi connectivity index (χ4n) is 2.58. The number of nitrogens with one attached hydrogen (secondary N) is 1. The zero-order valence-corrected chi connectivity index (χ0v) is 11.7. The van der Waals surface area contributed by atoms with Gasteiger partial charge in [-0.05, 0) is 30.2 Å². The van der Waals surface area contributed by atoms with Crippen molar-refractivity contribution in [3.8, 4) is 0 Å². The highest BCUT2D eigenvalue weighted by atomic mass is 16.2. The van der Waals surface area contributed by atoms with Crippen LogP contribution in [0.5, 0.6) is 0 Å². The van der Waals surface area contributed by atoms with Crippen molar-refractivity contribution in [1.29, 1.82) is 0 Å². The smallest absolute Gasteiger partial charge is 0.254 e. The lowest BCUT2D eigenvalue weighted by Gasteiger charge is -2.16. The number of aromatic nitrogens is 1. The minimum absolute atomic E-state index is 0.0585. The molecule has 1 aromatic heterocycles. The fourth-order valence-corrected chi connectivity index (χ4v) is 2.58. The van der Waals surface area contributed by atoms with Gasteiger partial charge in [0, 0.05) is 31.4 Å². The van der Waals surface area contributed by atoms with E-state index in [-0.39, 0.29) is 5.91 Å². The van der Waals surface area contributed by atoms with Crippen molar-refractivity contribution >= 4 is 11.7 Å². The van der Waals surface area contributed by atoms with Crippen LogP contribution < -0.4 is 5.32 Å². The van der Waals surface area contributed by atoms with Gasteiger partial charge in [0.05, 0.1) is 0 Å². The van der Waals surface area contributed by atoms with Gasteiger partial charge in [0.25, 0.3) is 5.91 Å². The molecule has 0 saturated carbocycles. The lowest BCUT2D eigenvalue weighted by Crippen LogP contribution is -2.25. The molecule has 4 heteroatoms. The first-order chi connectivity index (χ1) is 9.67. The van der Waals surface area contributed by atoms with Crippen molar-refractivity contribution in [1.82, 2.24) is 9.88 Å². The van der Waals surface area contributed by atoms with Crippen LogP contribution in [0.25, 0.3) is 0 Å². The summed E-state index contributed by atoms with van der Waals surface area (Å²) >= 11 is 0. The molecule has 4 nitrogen and oxygen atoms in total. The molecule has 0 spiro atoms. The van der Waals surface area contributed by atoms with E-state index in [1.807, 2.05) is 37.1 Å². The van der Waals surface area contributed by atoms with Crippen LogP contribution in [0.2, 0.25) is 0 Å². The molecule has 2 heterocycles. The van der Waals surface area contributed by atoms with Gasteiger partial charge in [-0.1, -0.05) is 24.3 Å². The van der Waals surface area contributed by atoms with Crippen LogP contribution in [0.15, 0.2) is 36.4 Å². The van der Waals surface area contributed by atoms with Crippen molar-refractivity contribution in [3.63, 3.8) is 0 Å². The minimum atomic E-state index is 0.0585. The van der Waals surface area contributed by atoms with Crippen LogP contribution in [0, 0.1) is 6.92 Å². The van der Waals surface area contributed by atoms with Gasteiger partial charge < -0.3 is 10.2 Å². The molecule has 2 aromatic rings. The number of amides is 1. The number of anilines is 1. The zero-order valence-electron chi connectivity index (χ0n) is 11.7. The van der Waals surface area contributed by atoms with Crippen molar-refractivity contribution in [2.45, 2.75) is 20.0 Å². The standard InChI is InChI=1S/C16H17N3O/c1-11-7-14(8-15(17-2)18-11)16(20)19-9-12-5-3-4-6-13(12)10-19/h3-8H,9-10H2,1-2H3,(H,17,18). The second kappa shape index (κ2) is 4.96. The fraction of sp³-hybridized carbons (Fsp3) is 0.250. The van der Waals surface area contributed by atoms with Crippen molar-refractivity contribution in [3.05, 3.63) is 58.8 Å². The summed E-state index contributed by atoms with van der Waals surface area (Å²) < 4.78 is 0. The number of hydrogen-bond acceptors (Lipinski definition) is 3. The molecule has 1 aliphatic rings. The van der Waals surface area contributed by atoms with Gasteiger partial charge in [-0.3, -0.25) is 4.79 Å². The highest BCUT2D eigenvalue weighted by Crippen LogP contribution is 2.24. The summed E-state index contributed by atoms with van der Waals surface area (Å²) in [5.41, 5.74) is 4.01. The third-order valence-electron chi connectivity index (χ3n) is 3.58. The average molecular weight is 267 g/mol. The Morgan fingerprint density at radius 2 is 1.85 bits per heavy atom. The highest BCUT2D eigenvalue weighted by Gasteiger charge is 2.24. The number of carbonyl (C=O) groups excluding carboxylic acids is 1. The Balaban J connectivity index is 1.86. The molecular weight excluding hydrogens is 250 g/mol. The molecule has 102 valence electrons. The predicted octanol–water partition coefficient (Wildman–Crippen LogP) is 2.59. The summed E-state index contributed by atoms with van der Waals surface area (Å²) in [4.78, 5) is 18.8. The first kappa shape index (κ1) is 12.7. The SMILES string of the molecule is CNc1cc(C(=O)N2Cc3ccccc3C2)cc(C)n1. The predicted molar refractivity (Wildman–Crippen MR) is 78.5 cm³/mol. The molecule has 1 amide bonds. The van der Waals surface area contributed by atoms with Gasteiger partial charge in [0.15, 0.2) is 0 Å². The number of carbonyl (C=O) groups is 1. The van der Waals surface area contributed by atoms with Crippen molar-refractivity contribution < 1.29 is 4.79 Å². The first-order valence-electron chi connectivity index (χ1n) is 6.70. The Kier molecular flexibility index (Phi) is 3.14. The number of hydrogen-bond donors (Lipinski definition) is 1. The van der Waals surface area contributed by atoms with E-state index >= 15 is 0 Å². The minimum Gasteiger partial charge on any atom is -0.373 e. The molecule has 0 radical (unpaired) electrons. The molecule has 3 rings (SSSR count). The maximum Gasteiger partial charge on any atom is 0.254 e. The Bertz CT molecular complexity index is 642.